The molecule has 0 aliphatic rings. The van der Waals surface area contributed by atoms with Gasteiger partial charge in [-0.1, -0.05) is 0 Å². The Hall–Kier alpha value is -1.53. The number of anilines is 1. The molecular formula is C10H8N2O2S2. The molecule has 0 atom stereocenters. The fourth-order valence-corrected chi connectivity index (χ4v) is 2.41. The predicted molar refractivity (Wildman–Crippen MR) is 64.4 cm³/mol. The fraction of sp³-hybridized carbons (Fsp3) is 0.100. The van der Waals surface area contributed by atoms with Crippen LogP contribution in [-0.2, 0) is 0 Å². The van der Waals surface area contributed by atoms with Gasteiger partial charge in [-0.25, -0.2) is 4.98 Å². The van der Waals surface area contributed by atoms with Gasteiger partial charge in [-0.2, -0.15) is 0 Å². The quantitative estimate of drug-likeness (QED) is 0.854. The van der Waals surface area contributed by atoms with Gasteiger partial charge in [0.05, 0.1) is 9.75 Å². The van der Waals surface area contributed by atoms with Crippen molar-refractivity contribution in [1.29, 1.82) is 0 Å². The van der Waals surface area contributed by atoms with Crippen LogP contribution in [0.2, 0.25) is 0 Å². The van der Waals surface area contributed by atoms with Crippen LogP contribution in [0.4, 0.5) is 5.13 Å². The molecule has 1 amide bonds. The van der Waals surface area contributed by atoms with E-state index in [0.717, 1.165) is 0 Å². The van der Waals surface area contributed by atoms with Crippen molar-refractivity contribution >= 4 is 39.5 Å². The number of thiazole rings is 1. The van der Waals surface area contributed by atoms with Crippen LogP contribution in [0.25, 0.3) is 0 Å². The van der Waals surface area contributed by atoms with Crippen molar-refractivity contribution in [3.05, 3.63) is 33.5 Å². The number of Topliss-reactive ketones (excluding diaryl/α,β-unsaturated/α-hetero) is 1. The van der Waals surface area contributed by atoms with Crippen molar-refractivity contribution in [2.24, 2.45) is 0 Å². The highest BCUT2D eigenvalue weighted by Gasteiger charge is 2.12. The molecule has 4 nitrogen and oxygen atoms in total. The number of carbonyl (C=O) groups is 2. The highest BCUT2D eigenvalue weighted by Crippen LogP contribution is 2.19. The third-order valence-electron chi connectivity index (χ3n) is 1.83. The van der Waals surface area contributed by atoms with E-state index in [1.165, 1.54) is 29.6 Å². The van der Waals surface area contributed by atoms with E-state index in [9.17, 15) is 9.59 Å². The first-order chi connectivity index (χ1) is 7.66. The number of aromatic nitrogens is 1. The number of hydrogen-bond donors (Lipinski definition) is 1. The van der Waals surface area contributed by atoms with Crippen molar-refractivity contribution < 1.29 is 9.59 Å². The molecule has 2 aromatic rings. The molecule has 0 aliphatic heterocycles. The predicted octanol–water partition coefficient (Wildman–Crippen LogP) is 2.66. The first kappa shape index (κ1) is 11.0. The maximum Gasteiger partial charge on any atom is 0.267 e. The van der Waals surface area contributed by atoms with Gasteiger partial charge in [0.2, 0.25) is 0 Å². The first-order valence-corrected chi connectivity index (χ1v) is 6.18. The lowest BCUT2D eigenvalue weighted by Crippen LogP contribution is -2.09. The molecule has 0 aliphatic carbocycles. The Bertz CT molecular complexity index is 517. The smallest absolute Gasteiger partial charge is 0.267 e. The lowest BCUT2D eigenvalue weighted by Gasteiger charge is -1.97. The molecule has 2 aromatic heterocycles. The molecule has 6 heteroatoms. The summed E-state index contributed by atoms with van der Waals surface area (Å²) in [4.78, 5) is 27.8. The molecular weight excluding hydrogens is 244 g/mol. The normalized spacial score (nSPS) is 10.1. The second-order valence-electron chi connectivity index (χ2n) is 3.01. The Morgan fingerprint density at radius 1 is 1.31 bits per heavy atom. The standard InChI is InChI=1S/C10H8N2O2S2/c1-6(13)7-2-3-8(16-7)9(14)12-10-11-4-5-15-10/h2-5H,1H3,(H,11,12,14). The molecule has 0 spiro atoms. The van der Waals surface area contributed by atoms with Crippen molar-refractivity contribution in [1.82, 2.24) is 4.98 Å². The van der Waals surface area contributed by atoms with Gasteiger partial charge < -0.3 is 0 Å². The minimum Gasteiger partial charge on any atom is -0.297 e. The number of amides is 1. The summed E-state index contributed by atoms with van der Waals surface area (Å²) in [5.41, 5.74) is 0. The number of hydrogen-bond acceptors (Lipinski definition) is 5. The summed E-state index contributed by atoms with van der Waals surface area (Å²) in [6.45, 7) is 1.48. The van der Waals surface area contributed by atoms with Gasteiger partial charge in [0.15, 0.2) is 10.9 Å². The van der Waals surface area contributed by atoms with E-state index in [0.29, 0.717) is 14.9 Å². The molecule has 82 valence electrons. The summed E-state index contributed by atoms with van der Waals surface area (Å²) < 4.78 is 0. The highest BCUT2D eigenvalue weighted by molar-refractivity contribution is 7.16. The van der Waals surface area contributed by atoms with Crippen LogP contribution >= 0.6 is 22.7 Å². The summed E-state index contributed by atoms with van der Waals surface area (Å²) >= 11 is 2.54. The highest BCUT2D eigenvalue weighted by atomic mass is 32.1. The van der Waals surface area contributed by atoms with Gasteiger partial charge in [-0.3, -0.25) is 14.9 Å². The summed E-state index contributed by atoms with van der Waals surface area (Å²) in [5.74, 6) is -0.259. The average Bonchev–Trinajstić information content (AvgIpc) is 2.86. The van der Waals surface area contributed by atoms with Crippen molar-refractivity contribution in [3.63, 3.8) is 0 Å². The number of rotatable bonds is 3. The average molecular weight is 252 g/mol. The number of ketones is 1. The van der Waals surface area contributed by atoms with E-state index in [-0.39, 0.29) is 11.7 Å². The topological polar surface area (TPSA) is 59.1 Å². The van der Waals surface area contributed by atoms with E-state index < -0.39 is 0 Å². The van der Waals surface area contributed by atoms with Crippen LogP contribution in [0.3, 0.4) is 0 Å². The van der Waals surface area contributed by atoms with E-state index in [1.54, 1.807) is 23.7 Å². The zero-order valence-corrected chi connectivity index (χ0v) is 10.0. The molecule has 2 rings (SSSR count). The van der Waals surface area contributed by atoms with Crippen LogP contribution in [0.1, 0.15) is 26.3 Å². The maximum absolute atomic E-state index is 11.7. The zero-order valence-electron chi connectivity index (χ0n) is 8.39. The van der Waals surface area contributed by atoms with Crippen LogP contribution in [-0.4, -0.2) is 16.7 Å². The van der Waals surface area contributed by atoms with Gasteiger partial charge in [-0.05, 0) is 19.1 Å². The van der Waals surface area contributed by atoms with Gasteiger partial charge in [0.1, 0.15) is 0 Å². The number of carbonyl (C=O) groups excluding carboxylic acids is 2. The van der Waals surface area contributed by atoms with E-state index in [1.807, 2.05) is 0 Å². The lowest BCUT2D eigenvalue weighted by atomic mass is 10.3. The molecule has 0 radical (unpaired) electrons. The lowest BCUT2D eigenvalue weighted by molar-refractivity contribution is 0.101. The molecule has 0 saturated heterocycles. The summed E-state index contributed by atoms with van der Waals surface area (Å²) in [5, 5.41) is 5.00. The van der Waals surface area contributed by atoms with Crippen LogP contribution < -0.4 is 5.32 Å². The summed E-state index contributed by atoms with van der Waals surface area (Å²) in [6, 6.07) is 3.30. The Morgan fingerprint density at radius 2 is 2.06 bits per heavy atom. The molecule has 0 unspecified atom stereocenters. The molecule has 1 N–H and O–H groups in total. The Morgan fingerprint density at radius 3 is 2.62 bits per heavy atom. The third kappa shape index (κ3) is 2.34. The molecule has 0 saturated carbocycles. The molecule has 0 aromatic carbocycles. The number of nitrogens with zero attached hydrogens (tertiary/aromatic N) is 1. The van der Waals surface area contributed by atoms with E-state index >= 15 is 0 Å². The van der Waals surface area contributed by atoms with Crippen molar-refractivity contribution in [2.45, 2.75) is 6.92 Å². The first-order valence-electron chi connectivity index (χ1n) is 4.48. The fourth-order valence-electron chi connectivity index (χ4n) is 1.09. The molecule has 2 heterocycles. The zero-order chi connectivity index (χ0) is 11.5. The van der Waals surface area contributed by atoms with Gasteiger partial charge in [-0.15, -0.1) is 22.7 Å². The van der Waals surface area contributed by atoms with E-state index in [4.69, 9.17) is 0 Å². The second kappa shape index (κ2) is 4.54. The largest absolute Gasteiger partial charge is 0.297 e. The van der Waals surface area contributed by atoms with Gasteiger partial charge in [0, 0.05) is 11.6 Å². The van der Waals surface area contributed by atoms with Crippen molar-refractivity contribution in [3.8, 4) is 0 Å². The Balaban J connectivity index is 2.12. The van der Waals surface area contributed by atoms with E-state index in [2.05, 4.69) is 10.3 Å². The van der Waals surface area contributed by atoms with Crippen LogP contribution in [0.5, 0.6) is 0 Å². The van der Waals surface area contributed by atoms with Crippen LogP contribution in [0.15, 0.2) is 23.7 Å². The summed E-state index contributed by atoms with van der Waals surface area (Å²) in [6.07, 6.45) is 1.62. The number of thiophene rings is 1. The van der Waals surface area contributed by atoms with Gasteiger partial charge in [0.25, 0.3) is 5.91 Å². The summed E-state index contributed by atoms with van der Waals surface area (Å²) in [7, 11) is 0. The van der Waals surface area contributed by atoms with Gasteiger partial charge >= 0.3 is 0 Å². The Kier molecular flexibility index (Phi) is 3.12. The molecule has 16 heavy (non-hydrogen) atoms. The Labute approximate surface area is 100.0 Å². The minimum absolute atomic E-state index is 0.0294. The molecule has 0 fully saturated rings. The minimum atomic E-state index is -0.229. The number of nitrogens with one attached hydrogen (secondary N) is 1. The van der Waals surface area contributed by atoms with Crippen LogP contribution in [0, 0.1) is 0 Å². The third-order valence-corrected chi connectivity index (χ3v) is 3.70. The monoisotopic (exact) mass is 252 g/mol. The SMILES string of the molecule is CC(=O)c1ccc(C(=O)Nc2nccs2)s1. The molecule has 0 bridgehead atoms. The second-order valence-corrected chi connectivity index (χ2v) is 4.99. The maximum atomic E-state index is 11.7. The van der Waals surface area contributed by atoms with Crippen molar-refractivity contribution in [2.75, 3.05) is 5.32 Å².